The number of para-hydroxylation sites is 1. The highest BCUT2D eigenvalue weighted by Gasteiger charge is 2.53. The van der Waals surface area contributed by atoms with Crippen LogP contribution in [-0.4, -0.2) is 0 Å². The average molecular weight is 1000 g/mol. The Balaban J connectivity index is 0.850. The zero-order chi connectivity index (χ0) is 51.6. The number of anilines is 3. The minimum atomic E-state index is -0.674. The molecular weight excluding hydrogens is 959 g/mol. The highest BCUT2D eigenvalue weighted by molar-refractivity contribution is 6.14. The summed E-state index contributed by atoms with van der Waals surface area (Å²) in [6.45, 7) is 0. The highest BCUT2D eigenvalue weighted by Crippen LogP contribution is 2.66. The highest BCUT2D eigenvalue weighted by atomic mass is 16.5. The maximum atomic E-state index is 7.30. The maximum Gasteiger partial charge on any atom is 0.140 e. The van der Waals surface area contributed by atoms with Gasteiger partial charge in [-0.25, -0.2) is 0 Å². The van der Waals surface area contributed by atoms with Crippen LogP contribution >= 0.6 is 0 Å². The van der Waals surface area contributed by atoms with Crippen molar-refractivity contribution in [2.24, 2.45) is 0 Å². The van der Waals surface area contributed by atoms with Gasteiger partial charge in [-0.15, -0.1) is 0 Å². The van der Waals surface area contributed by atoms with Gasteiger partial charge in [0.15, 0.2) is 0 Å². The van der Waals surface area contributed by atoms with E-state index in [4.69, 9.17) is 9.15 Å². The first-order chi connectivity index (χ1) is 39.2. The van der Waals surface area contributed by atoms with Crippen LogP contribution in [0.5, 0.6) is 11.5 Å². The second kappa shape index (κ2) is 15.7. The van der Waals surface area contributed by atoms with E-state index in [-0.39, 0.29) is 0 Å². The molecule has 3 nitrogen and oxygen atoms in total. The van der Waals surface area contributed by atoms with Gasteiger partial charge in [-0.1, -0.05) is 218 Å². The number of benzene rings is 13. The lowest BCUT2D eigenvalue weighted by Crippen LogP contribution is -2.32. The number of ether oxygens (including phenoxy) is 1. The zero-order valence-corrected chi connectivity index (χ0v) is 42.7. The summed E-state index contributed by atoms with van der Waals surface area (Å²) >= 11 is 0. The van der Waals surface area contributed by atoms with E-state index in [2.05, 4.69) is 278 Å². The minimum Gasteiger partial charge on any atom is -0.456 e. The SMILES string of the molecule is c1ccc(N(c2ccc3c(c2)C2(c4ccccc4-c4ccccc42)c2ccccc2-3)c2ccc3oc4cccc(-c5ccc6c(c5)C5(c7ccccc7-6)c6ccc7ccccc7c6Oc6c5ccc5ccccc65)c4c3c2)cc1. The molecule has 0 N–H and O–H groups in total. The van der Waals surface area contributed by atoms with E-state index in [0.29, 0.717) is 0 Å². The summed E-state index contributed by atoms with van der Waals surface area (Å²) in [5, 5.41) is 6.66. The molecule has 79 heavy (non-hydrogen) atoms. The van der Waals surface area contributed by atoms with Gasteiger partial charge < -0.3 is 14.1 Å². The predicted molar refractivity (Wildman–Crippen MR) is 323 cm³/mol. The lowest BCUT2D eigenvalue weighted by atomic mass is 9.65. The van der Waals surface area contributed by atoms with E-state index >= 15 is 0 Å². The van der Waals surface area contributed by atoms with Crippen molar-refractivity contribution in [2.45, 2.75) is 10.8 Å². The van der Waals surface area contributed by atoms with Crippen molar-refractivity contribution in [3.8, 4) is 56.0 Å². The third kappa shape index (κ3) is 5.51. The van der Waals surface area contributed by atoms with Crippen molar-refractivity contribution in [3.05, 3.63) is 317 Å². The van der Waals surface area contributed by atoms with Gasteiger partial charge in [-0.3, -0.25) is 0 Å². The van der Waals surface area contributed by atoms with Crippen LogP contribution in [0, 0.1) is 0 Å². The van der Waals surface area contributed by atoms with Crippen LogP contribution in [0.25, 0.3) is 88.0 Å². The molecule has 366 valence electrons. The molecule has 0 saturated heterocycles. The van der Waals surface area contributed by atoms with E-state index in [9.17, 15) is 0 Å². The van der Waals surface area contributed by atoms with E-state index in [1.165, 1.54) is 66.8 Å². The first kappa shape index (κ1) is 42.9. The van der Waals surface area contributed by atoms with Crippen molar-refractivity contribution < 1.29 is 9.15 Å². The summed E-state index contributed by atoms with van der Waals surface area (Å²) in [5.74, 6) is 1.82. The van der Waals surface area contributed by atoms with Crippen LogP contribution in [-0.2, 0) is 10.8 Å². The summed E-state index contributed by atoms with van der Waals surface area (Å²) < 4.78 is 14.2. The van der Waals surface area contributed by atoms with E-state index < -0.39 is 10.8 Å². The van der Waals surface area contributed by atoms with Gasteiger partial charge in [0.1, 0.15) is 22.7 Å². The van der Waals surface area contributed by atoms with Crippen LogP contribution in [0.1, 0.15) is 44.5 Å². The van der Waals surface area contributed by atoms with Crippen molar-refractivity contribution in [1.82, 2.24) is 0 Å². The van der Waals surface area contributed by atoms with Crippen LogP contribution < -0.4 is 9.64 Å². The third-order valence-electron chi connectivity index (χ3n) is 18.1. The number of rotatable bonds is 4. The van der Waals surface area contributed by atoms with Crippen LogP contribution in [0.3, 0.4) is 0 Å². The minimum absolute atomic E-state index is 0.469. The summed E-state index contributed by atoms with van der Waals surface area (Å²) in [6, 6.07) is 101. The van der Waals surface area contributed by atoms with Crippen LogP contribution in [0.15, 0.2) is 277 Å². The first-order valence-electron chi connectivity index (χ1n) is 27.4. The number of fused-ring (bicyclic) bond motifs is 26. The topological polar surface area (TPSA) is 25.6 Å². The molecule has 4 aliphatic rings. The van der Waals surface area contributed by atoms with Gasteiger partial charge in [-0.05, 0) is 143 Å². The molecule has 14 aromatic rings. The van der Waals surface area contributed by atoms with Crippen molar-refractivity contribution >= 4 is 60.5 Å². The number of hydrogen-bond donors (Lipinski definition) is 0. The Morgan fingerprint density at radius 2 is 0.734 bits per heavy atom. The van der Waals surface area contributed by atoms with Crippen LogP contribution in [0.2, 0.25) is 0 Å². The third-order valence-corrected chi connectivity index (χ3v) is 18.1. The molecule has 3 heteroatoms. The Labute approximate surface area is 456 Å². The quantitative estimate of drug-likeness (QED) is 0.176. The lowest BCUT2D eigenvalue weighted by Gasteiger charge is -2.40. The molecule has 2 spiro atoms. The van der Waals surface area contributed by atoms with Gasteiger partial charge in [-0.2, -0.15) is 0 Å². The fraction of sp³-hybridized carbons (Fsp3) is 0.0263. The fourth-order valence-corrected chi connectivity index (χ4v) is 15.0. The van der Waals surface area contributed by atoms with E-state index in [1.807, 2.05) is 0 Å². The molecule has 0 amide bonds. The van der Waals surface area contributed by atoms with Crippen molar-refractivity contribution in [3.63, 3.8) is 0 Å². The molecule has 18 rings (SSSR count). The number of hydrogen-bond acceptors (Lipinski definition) is 3. The number of nitrogens with zero attached hydrogens (tertiary/aromatic N) is 1. The molecule has 0 radical (unpaired) electrons. The lowest BCUT2D eigenvalue weighted by molar-refractivity contribution is 0.447. The Kier molecular flexibility index (Phi) is 8.53. The zero-order valence-electron chi connectivity index (χ0n) is 42.7. The summed E-state index contributed by atoms with van der Waals surface area (Å²) in [5.41, 5.74) is 23.7. The molecular formula is C76H45NO2. The molecule has 0 unspecified atom stereocenters. The van der Waals surface area contributed by atoms with Gasteiger partial charge >= 0.3 is 0 Å². The molecule has 0 bridgehead atoms. The first-order valence-corrected chi connectivity index (χ1v) is 27.4. The summed E-state index contributed by atoms with van der Waals surface area (Å²) in [4.78, 5) is 2.43. The number of furan rings is 1. The molecule has 0 saturated carbocycles. The predicted octanol–water partition coefficient (Wildman–Crippen LogP) is 19.8. The van der Waals surface area contributed by atoms with Gasteiger partial charge in [0, 0.05) is 49.7 Å². The fourth-order valence-electron chi connectivity index (χ4n) is 15.0. The molecule has 0 fully saturated rings. The second-order valence-corrected chi connectivity index (χ2v) is 21.7. The van der Waals surface area contributed by atoms with Gasteiger partial charge in [0.05, 0.1) is 10.8 Å². The van der Waals surface area contributed by atoms with Gasteiger partial charge in [0.25, 0.3) is 0 Å². The Hall–Kier alpha value is -10.2. The van der Waals surface area contributed by atoms with Crippen LogP contribution in [0.4, 0.5) is 17.1 Å². The second-order valence-electron chi connectivity index (χ2n) is 21.7. The molecule has 1 aliphatic heterocycles. The maximum absolute atomic E-state index is 7.30. The molecule has 0 atom stereocenters. The monoisotopic (exact) mass is 1000 g/mol. The standard InChI is InChI=1S/C76H45NO2/c1-2-19-49(20-3-1)77(51-36-39-60-58-26-10-14-30-64(58)75(69(60)45-51)62-28-12-8-23-55(62)56-24-9-13-29-63(56)75)50-37-42-70-61(44-50)72-52(27-16-32-71(72)78-70)48-33-38-59-57-25-11-15-31-65(57)76(68(59)43-48)66-40-34-46-17-4-6-21-53(46)73(66)79-74-54-22-7-5-18-47(54)35-41-67(74)76/h1-45H. The Bertz CT molecular complexity index is 4820. The molecule has 3 aliphatic carbocycles. The smallest absolute Gasteiger partial charge is 0.140 e. The Morgan fingerprint density at radius 3 is 1.34 bits per heavy atom. The van der Waals surface area contributed by atoms with E-state index in [1.54, 1.807) is 0 Å². The summed E-state index contributed by atoms with van der Waals surface area (Å²) in [7, 11) is 0. The van der Waals surface area contributed by atoms with Gasteiger partial charge in [0.2, 0.25) is 0 Å². The Morgan fingerprint density at radius 1 is 0.266 bits per heavy atom. The largest absolute Gasteiger partial charge is 0.456 e. The van der Waals surface area contributed by atoms with Crippen molar-refractivity contribution in [1.29, 1.82) is 0 Å². The normalized spacial score (nSPS) is 14.1. The molecule has 13 aromatic carbocycles. The molecule has 1 aromatic heterocycles. The average Bonchev–Trinajstić information content (AvgIpc) is 3.48. The van der Waals surface area contributed by atoms with Crippen molar-refractivity contribution in [2.75, 3.05) is 4.90 Å². The summed E-state index contributed by atoms with van der Waals surface area (Å²) in [6.07, 6.45) is 0. The molecule has 2 heterocycles. The van der Waals surface area contributed by atoms with E-state index in [0.717, 1.165) is 94.3 Å².